The molecule has 0 bridgehead atoms. The highest BCUT2D eigenvalue weighted by Crippen LogP contribution is 2.34. The summed E-state index contributed by atoms with van der Waals surface area (Å²) in [6.45, 7) is 5.61. The fourth-order valence-electron chi connectivity index (χ4n) is 3.42. The highest BCUT2D eigenvalue weighted by Gasteiger charge is 2.25. The Morgan fingerprint density at radius 2 is 1.83 bits per heavy atom. The number of aliphatic hydroxyl groups excluding tert-OH is 2. The number of aryl methyl sites for hydroxylation is 1. The number of benzene rings is 1. The van der Waals surface area contributed by atoms with Gasteiger partial charge in [0, 0.05) is 5.57 Å². The fourth-order valence-corrected chi connectivity index (χ4v) is 3.42. The van der Waals surface area contributed by atoms with Gasteiger partial charge in [-0.3, -0.25) is 0 Å². The van der Waals surface area contributed by atoms with Gasteiger partial charge in [-0.2, -0.15) is 0 Å². The van der Waals surface area contributed by atoms with Crippen molar-refractivity contribution < 1.29 is 14.9 Å². The average Bonchev–Trinajstić information content (AvgIpc) is 2.62. The first-order valence-corrected chi connectivity index (χ1v) is 9.35. The van der Waals surface area contributed by atoms with Gasteiger partial charge in [-0.15, -0.1) is 0 Å². The van der Waals surface area contributed by atoms with Crippen molar-refractivity contribution in [3.8, 4) is 0 Å². The smallest absolute Gasteiger partial charge is 0.179 e. The first-order valence-electron chi connectivity index (χ1n) is 9.35. The van der Waals surface area contributed by atoms with Crippen molar-refractivity contribution in [3.63, 3.8) is 0 Å². The molecule has 3 heteroatoms. The number of hydrogen-bond acceptors (Lipinski definition) is 3. The van der Waals surface area contributed by atoms with Crippen molar-refractivity contribution in [3.05, 3.63) is 47.5 Å². The van der Waals surface area contributed by atoms with Crippen molar-refractivity contribution in [2.75, 3.05) is 6.61 Å². The van der Waals surface area contributed by atoms with Crippen molar-refractivity contribution in [2.45, 2.75) is 76.6 Å². The minimum atomic E-state index is -1.04. The van der Waals surface area contributed by atoms with Crippen LogP contribution in [0.2, 0.25) is 0 Å². The average molecular weight is 332 g/mol. The first kappa shape index (κ1) is 19.2. The van der Waals surface area contributed by atoms with Gasteiger partial charge < -0.3 is 14.9 Å². The second-order valence-corrected chi connectivity index (χ2v) is 6.98. The van der Waals surface area contributed by atoms with Crippen LogP contribution in [0.3, 0.4) is 0 Å². The minimum absolute atomic E-state index is 0.0628. The van der Waals surface area contributed by atoms with E-state index in [4.69, 9.17) is 9.84 Å². The van der Waals surface area contributed by atoms with Crippen LogP contribution >= 0.6 is 0 Å². The van der Waals surface area contributed by atoms with E-state index >= 15 is 0 Å². The zero-order chi connectivity index (χ0) is 17.4. The predicted molar refractivity (Wildman–Crippen MR) is 98.0 cm³/mol. The molecule has 2 rings (SSSR count). The lowest BCUT2D eigenvalue weighted by molar-refractivity contribution is -0.125. The van der Waals surface area contributed by atoms with E-state index in [-0.39, 0.29) is 12.7 Å². The maximum absolute atomic E-state index is 9.79. The van der Waals surface area contributed by atoms with Crippen LogP contribution in [-0.2, 0) is 11.2 Å². The molecule has 1 unspecified atom stereocenters. The summed E-state index contributed by atoms with van der Waals surface area (Å²) in [5.41, 5.74) is 3.19. The van der Waals surface area contributed by atoms with E-state index in [1.54, 1.807) is 0 Å². The van der Waals surface area contributed by atoms with Gasteiger partial charge in [-0.05, 0) is 55.6 Å². The third kappa shape index (κ3) is 5.73. The third-order valence-corrected chi connectivity index (χ3v) is 5.07. The molecule has 0 spiro atoms. The Kier molecular flexibility index (Phi) is 7.97. The Morgan fingerprint density at radius 1 is 1.17 bits per heavy atom. The number of ether oxygens (including phenoxy) is 1. The molecule has 1 aliphatic carbocycles. The summed E-state index contributed by atoms with van der Waals surface area (Å²) in [5, 5.41) is 18.8. The molecular weight excluding hydrogens is 300 g/mol. The molecule has 0 radical (unpaired) electrons. The molecule has 0 aromatic heterocycles. The summed E-state index contributed by atoms with van der Waals surface area (Å²) in [7, 11) is 0. The Morgan fingerprint density at radius 3 is 2.42 bits per heavy atom. The van der Waals surface area contributed by atoms with Crippen molar-refractivity contribution in [1.29, 1.82) is 0 Å². The van der Waals surface area contributed by atoms with Crippen LogP contribution in [0.25, 0.3) is 0 Å². The molecule has 0 saturated heterocycles. The lowest BCUT2D eigenvalue weighted by atomic mass is 9.82. The van der Waals surface area contributed by atoms with E-state index in [1.165, 1.54) is 36.8 Å². The molecule has 0 heterocycles. The lowest BCUT2D eigenvalue weighted by Gasteiger charge is -2.30. The molecule has 1 fully saturated rings. The summed E-state index contributed by atoms with van der Waals surface area (Å²) in [6.07, 6.45) is 8.10. The predicted octanol–water partition coefficient (Wildman–Crippen LogP) is 4.33. The summed E-state index contributed by atoms with van der Waals surface area (Å²) in [4.78, 5) is 0. The SMILES string of the molecule is C=C(CO)C(O)OC1CCC(c2ccc(CCCCC)cc2)CC1. The Bertz CT molecular complexity index is 486. The Labute approximate surface area is 146 Å². The molecule has 0 amide bonds. The minimum Gasteiger partial charge on any atom is -0.392 e. The maximum Gasteiger partial charge on any atom is 0.179 e. The van der Waals surface area contributed by atoms with Gasteiger partial charge in [0.2, 0.25) is 0 Å². The first-order chi connectivity index (χ1) is 11.6. The molecule has 0 aliphatic heterocycles. The van der Waals surface area contributed by atoms with Gasteiger partial charge in [0.05, 0.1) is 12.7 Å². The molecule has 24 heavy (non-hydrogen) atoms. The molecule has 1 aromatic rings. The van der Waals surface area contributed by atoms with Gasteiger partial charge in [0.15, 0.2) is 6.29 Å². The van der Waals surface area contributed by atoms with Crippen LogP contribution in [-0.4, -0.2) is 29.2 Å². The fraction of sp³-hybridized carbons (Fsp3) is 0.619. The Balaban J connectivity index is 1.78. The monoisotopic (exact) mass is 332 g/mol. The third-order valence-electron chi connectivity index (χ3n) is 5.07. The molecule has 1 atom stereocenters. The van der Waals surface area contributed by atoms with Crippen LogP contribution in [0.1, 0.15) is 68.9 Å². The van der Waals surface area contributed by atoms with Gasteiger partial charge in [-0.25, -0.2) is 0 Å². The topological polar surface area (TPSA) is 49.7 Å². The maximum atomic E-state index is 9.79. The summed E-state index contributed by atoms with van der Waals surface area (Å²) < 4.78 is 5.60. The van der Waals surface area contributed by atoms with E-state index in [0.29, 0.717) is 11.5 Å². The zero-order valence-corrected chi connectivity index (χ0v) is 14.9. The number of aliphatic hydroxyl groups is 2. The van der Waals surface area contributed by atoms with E-state index in [2.05, 4.69) is 37.8 Å². The van der Waals surface area contributed by atoms with Crippen molar-refractivity contribution in [2.24, 2.45) is 0 Å². The largest absolute Gasteiger partial charge is 0.392 e. The highest BCUT2D eigenvalue weighted by molar-refractivity contribution is 5.26. The second kappa shape index (κ2) is 9.97. The van der Waals surface area contributed by atoms with Crippen LogP contribution in [0, 0.1) is 0 Å². The molecular formula is C21H32O3. The van der Waals surface area contributed by atoms with Gasteiger partial charge in [-0.1, -0.05) is 50.6 Å². The number of hydrogen-bond donors (Lipinski definition) is 2. The molecule has 1 aromatic carbocycles. The van der Waals surface area contributed by atoms with Crippen molar-refractivity contribution >= 4 is 0 Å². The van der Waals surface area contributed by atoms with Gasteiger partial charge in [0.1, 0.15) is 0 Å². The number of rotatable bonds is 9. The van der Waals surface area contributed by atoms with Gasteiger partial charge >= 0.3 is 0 Å². The van der Waals surface area contributed by atoms with E-state index < -0.39 is 6.29 Å². The van der Waals surface area contributed by atoms with Crippen LogP contribution < -0.4 is 0 Å². The second-order valence-electron chi connectivity index (χ2n) is 6.98. The normalized spacial score (nSPS) is 22.3. The van der Waals surface area contributed by atoms with Crippen LogP contribution in [0.4, 0.5) is 0 Å². The summed E-state index contributed by atoms with van der Waals surface area (Å²) in [5.74, 6) is 0.590. The molecule has 2 N–H and O–H groups in total. The standard InChI is InChI=1S/C21H32O3/c1-3-4-5-6-17-7-9-18(10-8-17)19-11-13-20(14-12-19)24-21(23)16(2)15-22/h7-10,19-23H,2-6,11-15H2,1H3. The Hall–Kier alpha value is -1.16. The van der Waals surface area contributed by atoms with Crippen LogP contribution in [0.15, 0.2) is 36.4 Å². The number of unbranched alkanes of at least 4 members (excludes halogenated alkanes) is 2. The highest BCUT2D eigenvalue weighted by atomic mass is 16.6. The zero-order valence-electron chi connectivity index (χ0n) is 14.9. The van der Waals surface area contributed by atoms with E-state index in [0.717, 1.165) is 25.7 Å². The van der Waals surface area contributed by atoms with Crippen molar-refractivity contribution in [1.82, 2.24) is 0 Å². The lowest BCUT2D eigenvalue weighted by Crippen LogP contribution is -2.28. The molecule has 1 aliphatic rings. The molecule has 134 valence electrons. The summed E-state index contributed by atoms with van der Waals surface area (Å²) >= 11 is 0. The van der Waals surface area contributed by atoms with E-state index in [1.807, 2.05) is 0 Å². The summed E-state index contributed by atoms with van der Waals surface area (Å²) in [6, 6.07) is 9.14. The quantitative estimate of drug-likeness (QED) is 0.402. The van der Waals surface area contributed by atoms with Crippen LogP contribution in [0.5, 0.6) is 0 Å². The van der Waals surface area contributed by atoms with Gasteiger partial charge in [0.25, 0.3) is 0 Å². The van der Waals surface area contributed by atoms with E-state index in [9.17, 15) is 5.11 Å². The molecule has 3 nitrogen and oxygen atoms in total. The molecule has 1 saturated carbocycles.